The molecule has 0 aliphatic heterocycles. The molecule has 0 saturated heterocycles. The number of pyridine rings is 1. The van der Waals surface area contributed by atoms with Crippen LogP contribution in [0.3, 0.4) is 0 Å². The van der Waals surface area contributed by atoms with Crippen molar-refractivity contribution in [2.75, 3.05) is 0 Å². The molecule has 11 aromatic rings. The lowest BCUT2D eigenvalue weighted by Crippen LogP contribution is -2.01. The van der Waals surface area contributed by atoms with Crippen molar-refractivity contribution < 1.29 is 4.42 Å². The summed E-state index contributed by atoms with van der Waals surface area (Å²) >= 11 is 0. The summed E-state index contributed by atoms with van der Waals surface area (Å²) in [6, 6.07) is 58.9. The van der Waals surface area contributed by atoms with Crippen LogP contribution in [0.5, 0.6) is 0 Å². The summed E-state index contributed by atoms with van der Waals surface area (Å²) in [5.41, 5.74) is 11.7. The van der Waals surface area contributed by atoms with E-state index in [0.29, 0.717) is 23.2 Å². The minimum Gasteiger partial charge on any atom is -0.438 e. The molecule has 0 amide bonds. The van der Waals surface area contributed by atoms with Crippen LogP contribution in [0.15, 0.2) is 205 Å². The van der Waals surface area contributed by atoms with E-state index in [4.69, 9.17) is 24.4 Å². The van der Waals surface area contributed by atoms with Crippen LogP contribution in [0, 0.1) is 0 Å². The molecule has 286 valence electrons. The van der Waals surface area contributed by atoms with Crippen molar-refractivity contribution in [1.82, 2.24) is 24.5 Å². The fourth-order valence-corrected chi connectivity index (χ4v) is 8.80. The molecule has 6 nitrogen and oxygen atoms in total. The lowest BCUT2D eigenvalue weighted by molar-refractivity contribution is 0.655. The number of para-hydroxylation sites is 2. The van der Waals surface area contributed by atoms with E-state index in [1.165, 1.54) is 21.9 Å². The van der Waals surface area contributed by atoms with Crippen LogP contribution in [0.2, 0.25) is 0 Å². The molecule has 0 fully saturated rings. The Balaban J connectivity index is 0.966. The zero-order chi connectivity index (χ0) is 40.3. The normalized spacial score (nSPS) is 12.8. The van der Waals surface area contributed by atoms with Crippen LogP contribution in [0.4, 0.5) is 0 Å². The molecular weight excluding hydrogens is 747 g/mol. The van der Waals surface area contributed by atoms with E-state index in [1.807, 2.05) is 48.5 Å². The van der Waals surface area contributed by atoms with E-state index in [9.17, 15) is 0 Å². The zero-order valence-electron chi connectivity index (χ0n) is 32.9. The van der Waals surface area contributed by atoms with Gasteiger partial charge in [0, 0.05) is 49.5 Å². The van der Waals surface area contributed by atoms with Crippen LogP contribution in [0.25, 0.3) is 111 Å². The molecule has 0 atom stereocenters. The first-order valence-corrected chi connectivity index (χ1v) is 20.5. The van der Waals surface area contributed by atoms with Crippen molar-refractivity contribution in [2.24, 2.45) is 0 Å². The Morgan fingerprint density at radius 1 is 0.443 bits per heavy atom. The molecule has 61 heavy (non-hydrogen) atoms. The molecule has 12 rings (SSSR count). The van der Waals surface area contributed by atoms with Crippen molar-refractivity contribution in [1.29, 1.82) is 0 Å². The minimum atomic E-state index is 0.591. The van der Waals surface area contributed by atoms with Crippen molar-refractivity contribution in [3.05, 3.63) is 206 Å². The molecule has 6 heteroatoms. The Hall–Kier alpha value is -8.22. The van der Waals surface area contributed by atoms with Crippen LogP contribution in [-0.2, 0) is 0 Å². The second kappa shape index (κ2) is 14.3. The molecule has 0 saturated carbocycles. The summed E-state index contributed by atoms with van der Waals surface area (Å²) in [6.45, 7) is 0. The average molecular weight is 782 g/mol. The van der Waals surface area contributed by atoms with Crippen LogP contribution in [0.1, 0.15) is 12.0 Å². The highest BCUT2D eigenvalue weighted by atomic mass is 16.3. The third-order valence-electron chi connectivity index (χ3n) is 11.7. The predicted molar refractivity (Wildman–Crippen MR) is 249 cm³/mol. The molecule has 0 unspecified atom stereocenters. The zero-order valence-corrected chi connectivity index (χ0v) is 32.9. The number of hydrogen-bond donors (Lipinski definition) is 0. The SMILES string of the molecule is C1=CCC=C(c2ccc3c(c2)c2ccccc2n3-c2cccc(-c3nc(-c4ccccc4)nc(-c4ccc(-c5nc6oc7ccccc7c6c6ccccc56)cc4)n3)c2)C=C1. The van der Waals surface area contributed by atoms with Gasteiger partial charge in [0.25, 0.3) is 0 Å². The smallest absolute Gasteiger partial charge is 0.228 e. The van der Waals surface area contributed by atoms with Gasteiger partial charge < -0.3 is 8.98 Å². The van der Waals surface area contributed by atoms with E-state index in [2.05, 4.69) is 156 Å². The molecule has 0 spiro atoms. The van der Waals surface area contributed by atoms with E-state index in [0.717, 1.165) is 78.2 Å². The van der Waals surface area contributed by atoms with Crippen LogP contribution in [-0.4, -0.2) is 24.5 Å². The Labute approximate surface area is 351 Å². The molecular formula is C55H35N5O. The highest BCUT2D eigenvalue weighted by Crippen LogP contribution is 2.39. The highest BCUT2D eigenvalue weighted by molar-refractivity contribution is 6.20. The lowest BCUT2D eigenvalue weighted by Gasteiger charge is -2.12. The van der Waals surface area contributed by atoms with Gasteiger partial charge >= 0.3 is 0 Å². The maximum absolute atomic E-state index is 6.29. The van der Waals surface area contributed by atoms with Crippen LogP contribution >= 0.6 is 0 Å². The number of aromatic nitrogens is 5. The second-order valence-electron chi connectivity index (χ2n) is 15.4. The van der Waals surface area contributed by atoms with Crippen molar-refractivity contribution in [2.45, 2.75) is 6.42 Å². The maximum atomic E-state index is 6.29. The molecule has 1 aliphatic carbocycles. The lowest BCUT2D eigenvalue weighted by atomic mass is 10.00. The second-order valence-corrected chi connectivity index (χ2v) is 15.4. The Morgan fingerprint density at radius 3 is 1.92 bits per heavy atom. The van der Waals surface area contributed by atoms with Crippen molar-refractivity contribution >= 4 is 60.2 Å². The summed E-state index contributed by atoms with van der Waals surface area (Å²) in [6.07, 6.45) is 11.8. The molecule has 0 radical (unpaired) electrons. The fraction of sp³-hybridized carbons (Fsp3) is 0.0182. The average Bonchev–Trinajstić information content (AvgIpc) is 3.73. The van der Waals surface area contributed by atoms with E-state index < -0.39 is 0 Å². The van der Waals surface area contributed by atoms with Crippen molar-refractivity contribution in [3.63, 3.8) is 0 Å². The molecule has 0 bridgehead atoms. The van der Waals surface area contributed by atoms with E-state index >= 15 is 0 Å². The summed E-state index contributed by atoms with van der Waals surface area (Å²) in [5.74, 6) is 1.80. The Morgan fingerprint density at radius 2 is 1.08 bits per heavy atom. The molecule has 7 aromatic carbocycles. The van der Waals surface area contributed by atoms with Gasteiger partial charge in [-0.1, -0.05) is 164 Å². The number of benzene rings is 7. The van der Waals surface area contributed by atoms with E-state index in [1.54, 1.807) is 0 Å². The first kappa shape index (κ1) is 34.8. The summed E-state index contributed by atoms with van der Waals surface area (Å²) in [5, 5.41) is 6.70. The number of furan rings is 1. The topological polar surface area (TPSA) is 69.6 Å². The minimum absolute atomic E-state index is 0.591. The molecule has 4 heterocycles. The third kappa shape index (κ3) is 5.96. The van der Waals surface area contributed by atoms with Crippen molar-refractivity contribution in [3.8, 4) is 51.1 Å². The number of allylic oxidation sites excluding steroid dienone is 6. The first-order chi connectivity index (χ1) is 30.2. The predicted octanol–water partition coefficient (Wildman–Crippen LogP) is 14.0. The van der Waals surface area contributed by atoms with Gasteiger partial charge in [0.1, 0.15) is 5.58 Å². The van der Waals surface area contributed by atoms with E-state index in [-0.39, 0.29) is 0 Å². The van der Waals surface area contributed by atoms with Gasteiger partial charge in [-0.15, -0.1) is 0 Å². The standard InChI is InChI=1S/C55H35N5O/c1-2-5-16-35(15-4-1)39-31-32-48-46(34-39)42-21-10-12-25-47(42)60(48)41-20-14-19-40(33-41)54-58-52(37-17-6-3-7-18-37)57-53(59-54)38-29-27-36(28-30-38)51-44-23-9-8-22-43(44)50-45-24-11-13-26-49(45)61-55(50)56-51/h1-4,6-34H,5H2. The van der Waals surface area contributed by atoms with Gasteiger partial charge in [-0.3, -0.25) is 0 Å². The maximum Gasteiger partial charge on any atom is 0.228 e. The largest absolute Gasteiger partial charge is 0.438 e. The molecule has 0 N–H and O–H groups in total. The Kier molecular flexibility index (Phi) is 8.13. The van der Waals surface area contributed by atoms with Gasteiger partial charge in [-0.25, -0.2) is 19.9 Å². The van der Waals surface area contributed by atoms with Crippen LogP contribution < -0.4 is 0 Å². The third-order valence-corrected chi connectivity index (χ3v) is 11.7. The Bertz CT molecular complexity index is 3610. The molecule has 4 aromatic heterocycles. The molecule has 1 aliphatic rings. The van der Waals surface area contributed by atoms with Gasteiger partial charge in [0.05, 0.1) is 22.1 Å². The number of hydrogen-bond acceptors (Lipinski definition) is 5. The number of rotatable bonds is 6. The first-order valence-electron chi connectivity index (χ1n) is 20.5. The van der Waals surface area contributed by atoms with Gasteiger partial charge in [-0.05, 0) is 59.3 Å². The van der Waals surface area contributed by atoms with Gasteiger partial charge in [0.2, 0.25) is 5.71 Å². The number of fused-ring (bicyclic) bond motifs is 8. The van der Waals surface area contributed by atoms with Gasteiger partial charge in [-0.2, -0.15) is 0 Å². The summed E-state index contributed by atoms with van der Waals surface area (Å²) in [4.78, 5) is 20.4. The fourth-order valence-electron chi connectivity index (χ4n) is 8.80. The highest BCUT2D eigenvalue weighted by Gasteiger charge is 2.19. The quantitative estimate of drug-likeness (QED) is 0.168. The monoisotopic (exact) mass is 781 g/mol. The number of nitrogens with zero attached hydrogens (tertiary/aromatic N) is 5. The van der Waals surface area contributed by atoms with Gasteiger partial charge in [0.15, 0.2) is 17.5 Å². The summed E-state index contributed by atoms with van der Waals surface area (Å²) in [7, 11) is 0. The summed E-state index contributed by atoms with van der Waals surface area (Å²) < 4.78 is 8.63.